The molecule has 0 aliphatic rings. The van der Waals surface area contributed by atoms with Crippen molar-refractivity contribution in [1.29, 1.82) is 0 Å². The predicted octanol–water partition coefficient (Wildman–Crippen LogP) is 13.7. The van der Waals surface area contributed by atoms with Crippen molar-refractivity contribution in [2.75, 3.05) is 0 Å². The van der Waals surface area contributed by atoms with E-state index >= 15 is 0 Å². The Kier molecular flexibility index (Phi) is 6.25. The van der Waals surface area contributed by atoms with Gasteiger partial charge in [-0.3, -0.25) is 0 Å². The van der Waals surface area contributed by atoms with Gasteiger partial charge in [-0.1, -0.05) is 176 Å². The van der Waals surface area contributed by atoms with Crippen LogP contribution < -0.4 is 0 Å². The Morgan fingerprint density at radius 2 is 0.694 bits per heavy atom. The van der Waals surface area contributed by atoms with Crippen molar-refractivity contribution in [2.45, 2.75) is 0 Å². The number of rotatable bonds is 4. The third kappa shape index (κ3) is 4.26. The van der Waals surface area contributed by atoms with Gasteiger partial charge in [-0.05, 0) is 66.4 Å². The van der Waals surface area contributed by atoms with Crippen molar-refractivity contribution < 1.29 is 4.42 Å². The molecular formula is C48H30O. The molecule has 0 spiro atoms. The summed E-state index contributed by atoms with van der Waals surface area (Å²) in [7, 11) is 0. The van der Waals surface area contributed by atoms with Crippen LogP contribution >= 0.6 is 0 Å². The number of fused-ring (bicyclic) bond motifs is 7. The Balaban J connectivity index is 1.36. The largest absolute Gasteiger partial charge is 0.455 e. The molecule has 1 aromatic heterocycles. The topological polar surface area (TPSA) is 13.1 Å². The lowest BCUT2D eigenvalue weighted by molar-refractivity contribution is 0.674. The number of benzene rings is 9. The first-order chi connectivity index (χ1) is 24.3. The molecular weight excluding hydrogens is 593 g/mol. The van der Waals surface area contributed by atoms with Gasteiger partial charge >= 0.3 is 0 Å². The minimum Gasteiger partial charge on any atom is -0.455 e. The monoisotopic (exact) mass is 622 g/mol. The molecule has 0 bridgehead atoms. The summed E-state index contributed by atoms with van der Waals surface area (Å²) in [6.45, 7) is 0. The molecule has 1 heterocycles. The molecule has 228 valence electrons. The number of hydrogen-bond acceptors (Lipinski definition) is 1. The second-order valence-corrected chi connectivity index (χ2v) is 12.7. The number of hydrogen-bond donors (Lipinski definition) is 0. The van der Waals surface area contributed by atoms with E-state index in [0.29, 0.717) is 0 Å². The van der Waals surface area contributed by atoms with E-state index in [9.17, 15) is 0 Å². The Morgan fingerprint density at radius 3 is 1.31 bits per heavy atom. The average molecular weight is 623 g/mol. The average Bonchev–Trinajstić information content (AvgIpc) is 3.57. The summed E-state index contributed by atoms with van der Waals surface area (Å²) in [5.74, 6) is 0. The molecule has 0 aliphatic heterocycles. The van der Waals surface area contributed by atoms with Crippen LogP contribution in [0.25, 0.3) is 98.8 Å². The summed E-state index contributed by atoms with van der Waals surface area (Å²) in [5.41, 5.74) is 11.5. The highest BCUT2D eigenvalue weighted by atomic mass is 16.3. The molecule has 0 unspecified atom stereocenters. The Labute approximate surface area is 284 Å². The van der Waals surface area contributed by atoms with Gasteiger partial charge in [0.25, 0.3) is 0 Å². The summed E-state index contributed by atoms with van der Waals surface area (Å²) in [4.78, 5) is 0. The van der Waals surface area contributed by atoms with E-state index in [1.807, 2.05) is 0 Å². The number of para-hydroxylation sites is 1. The van der Waals surface area contributed by atoms with E-state index in [-0.39, 0.29) is 0 Å². The smallest absolute Gasteiger partial charge is 0.143 e. The van der Waals surface area contributed by atoms with E-state index < -0.39 is 0 Å². The highest BCUT2D eigenvalue weighted by Gasteiger charge is 2.23. The zero-order valence-corrected chi connectivity index (χ0v) is 26.7. The van der Waals surface area contributed by atoms with Crippen molar-refractivity contribution in [2.24, 2.45) is 0 Å². The molecule has 10 rings (SSSR count). The molecule has 0 aliphatic carbocycles. The Hall–Kier alpha value is -6.44. The first-order valence-corrected chi connectivity index (χ1v) is 16.9. The van der Waals surface area contributed by atoms with Gasteiger partial charge in [-0.25, -0.2) is 0 Å². The third-order valence-electron chi connectivity index (χ3n) is 10.1. The van der Waals surface area contributed by atoms with Crippen LogP contribution in [0.4, 0.5) is 0 Å². The summed E-state index contributed by atoms with van der Waals surface area (Å²) < 4.78 is 6.92. The molecule has 1 heteroatoms. The zero-order chi connectivity index (χ0) is 32.3. The standard InChI is InChI=1S/C48H30O/c1-3-15-31(16-4-1)34-25-13-26-35(32-17-5-2-6-18-32)45(34)46-39-23-11-9-21-37(39)44(38-22-10-12-24-40(38)46)43-28-14-27-41-42-30-29-33-19-7-8-20-36(33)47(42)49-48(41)43/h1-30H. The van der Waals surface area contributed by atoms with Crippen LogP contribution in [-0.4, -0.2) is 0 Å². The van der Waals surface area contributed by atoms with E-state index in [4.69, 9.17) is 4.42 Å². The van der Waals surface area contributed by atoms with Crippen molar-refractivity contribution >= 4 is 54.3 Å². The maximum absolute atomic E-state index is 6.92. The first-order valence-electron chi connectivity index (χ1n) is 16.9. The zero-order valence-electron chi connectivity index (χ0n) is 26.7. The normalized spacial score (nSPS) is 11.7. The molecule has 10 aromatic rings. The molecule has 0 fully saturated rings. The molecule has 0 saturated carbocycles. The van der Waals surface area contributed by atoms with Crippen molar-refractivity contribution in [1.82, 2.24) is 0 Å². The van der Waals surface area contributed by atoms with E-state index in [1.54, 1.807) is 0 Å². The highest BCUT2D eigenvalue weighted by molar-refractivity contribution is 6.26. The fraction of sp³-hybridized carbons (Fsp3) is 0. The van der Waals surface area contributed by atoms with Crippen LogP contribution in [0.15, 0.2) is 186 Å². The molecule has 0 saturated heterocycles. The van der Waals surface area contributed by atoms with E-state index in [1.165, 1.54) is 65.9 Å². The summed E-state index contributed by atoms with van der Waals surface area (Å²) in [6, 6.07) is 65.6. The quantitative estimate of drug-likeness (QED) is 0.178. The molecule has 1 nitrogen and oxygen atoms in total. The van der Waals surface area contributed by atoms with Gasteiger partial charge in [-0.2, -0.15) is 0 Å². The molecule has 0 N–H and O–H groups in total. The van der Waals surface area contributed by atoms with Crippen molar-refractivity contribution in [3.05, 3.63) is 182 Å². The fourth-order valence-corrected chi connectivity index (χ4v) is 7.95. The molecule has 0 amide bonds. The first kappa shape index (κ1) is 27.7. The minimum absolute atomic E-state index is 0.923. The predicted molar refractivity (Wildman–Crippen MR) is 208 cm³/mol. The molecule has 0 radical (unpaired) electrons. The summed E-state index contributed by atoms with van der Waals surface area (Å²) >= 11 is 0. The SMILES string of the molecule is c1ccc(-c2cccc(-c3ccccc3)c2-c2c3ccccc3c(-c3cccc4c3oc3c5ccccc5ccc43)c3ccccc23)cc1. The number of furan rings is 1. The van der Waals surface area contributed by atoms with Gasteiger partial charge in [-0.15, -0.1) is 0 Å². The van der Waals surface area contributed by atoms with Gasteiger partial charge < -0.3 is 4.42 Å². The van der Waals surface area contributed by atoms with Gasteiger partial charge in [0.05, 0.1) is 0 Å². The summed E-state index contributed by atoms with van der Waals surface area (Å²) in [5, 5.41) is 9.44. The van der Waals surface area contributed by atoms with Gasteiger partial charge in [0.1, 0.15) is 11.2 Å². The van der Waals surface area contributed by atoms with Crippen LogP contribution in [0.5, 0.6) is 0 Å². The Bertz CT molecular complexity index is 2750. The highest BCUT2D eigenvalue weighted by Crippen LogP contribution is 2.50. The lowest BCUT2D eigenvalue weighted by Crippen LogP contribution is -1.95. The molecule has 0 atom stereocenters. The van der Waals surface area contributed by atoms with E-state index in [0.717, 1.165) is 32.9 Å². The van der Waals surface area contributed by atoms with Gasteiger partial charge in [0.2, 0.25) is 0 Å². The van der Waals surface area contributed by atoms with E-state index in [2.05, 4.69) is 182 Å². The van der Waals surface area contributed by atoms with Crippen LogP contribution in [-0.2, 0) is 0 Å². The van der Waals surface area contributed by atoms with Gasteiger partial charge in [0.15, 0.2) is 0 Å². The van der Waals surface area contributed by atoms with Crippen molar-refractivity contribution in [3.63, 3.8) is 0 Å². The lowest BCUT2D eigenvalue weighted by atomic mass is 9.81. The fourth-order valence-electron chi connectivity index (χ4n) is 7.95. The van der Waals surface area contributed by atoms with Crippen molar-refractivity contribution in [3.8, 4) is 44.5 Å². The molecule has 49 heavy (non-hydrogen) atoms. The van der Waals surface area contributed by atoms with Crippen LogP contribution in [0, 0.1) is 0 Å². The van der Waals surface area contributed by atoms with Crippen LogP contribution in [0.1, 0.15) is 0 Å². The van der Waals surface area contributed by atoms with Crippen LogP contribution in [0.3, 0.4) is 0 Å². The third-order valence-corrected chi connectivity index (χ3v) is 10.1. The Morgan fingerprint density at radius 1 is 0.245 bits per heavy atom. The second kappa shape index (κ2) is 11.1. The maximum Gasteiger partial charge on any atom is 0.143 e. The maximum atomic E-state index is 6.92. The molecule has 9 aromatic carbocycles. The second-order valence-electron chi connectivity index (χ2n) is 12.7. The van der Waals surface area contributed by atoms with Crippen LogP contribution in [0.2, 0.25) is 0 Å². The minimum atomic E-state index is 0.923. The lowest BCUT2D eigenvalue weighted by Gasteiger charge is -2.22. The summed E-state index contributed by atoms with van der Waals surface area (Å²) in [6.07, 6.45) is 0. The van der Waals surface area contributed by atoms with Gasteiger partial charge in [0, 0.05) is 27.3 Å².